The molecule has 1 atom stereocenters. The Morgan fingerprint density at radius 1 is 1.55 bits per heavy atom. The smallest absolute Gasteiger partial charge is 0.255 e. The minimum Gasteiger partial charge on any atom is -0.409 e. The van der Waals surface area contributed by atoms with Gasteiger partial charge in [-0.3, -0.25) is 4.79 Å². The minimum atomic E-state index is -0.556. The summed E-state index contributed by atoms with van der Waals surface area (Å²) in [5, 5.41) is 11.6. The van der Waals surface area contributed by atoms with E-state index >= 15 is 0 Å². The number of benzene rings is 1. The number of morpholine rings is 1. The van der Waals surface area contributed by atoms with Crippen LogP contribution in [0.25, 0.3) is 0 Å². The highest BCUT2D eigenvalue weighted by Gasteiger charge is 2.28. The van der Waals surface area contributed by atoms with Crippen LogP contribution in [0.3, 0.4) is 0 Å². The number of oxime groups is 1. The van der Waals surface area contributed by atoms with Gasteiger partial charge in [0.2, 0.25) is 0 Å². The molecule has 2 rings (SSSR count). The third-order valence-corrected chi connectivity index (χ3v) is 3.93. The van der Waals surface area contributed by atoms with E-state index < -0.39 is 6.10 Å². The van der Waals surface area contributed by atoms with Crippen molar-refractivity contribution in [3.63, 3.8) is 0 Å². The van der Waals surface area contributed by atoms with Gasteiger partial charge in [-0.1, -0.05) is 17.3 Å². The molecule has 1 amide bonds. The number of carbonyl (C=O) groups is 1. The molecule has 7 heteroatoms. The van der Waals surface area contributed by atoms with E-state index in [1.165, 1.54) is 11.8 Å². The zero-order valence-electron chi connectivity index (χ0n) is 11.2. The highest BCUT2D eigenvalue weighted by atomic mass is 32.2. The van der Waals surface area contributed by atoms with Crippen molar-refractivity contribution in [1.29, 1.82) is 0 Å². The Balaban J connectivity index is 2.16. The van der Waals surface area contributed by atoms with Crippen LogP contribution in [0.15, 0.2) is 34.3 Å². The molecule has 0 aliphatic carbocycles. The van der Waals surface area contributed by atoms with Crippen LogP contribution in [0.5, 0.6) is 0 Å². The van der Waals surface area contributed by atoms with Crippen LogP contribution in [0.4, 0.5) is 0 Å². The first-order valence-corrected chi connectivity index (χ1v) is 7.41. The first-order valence-electron chi connectivity index (χ1n) is 6.18. The van der Waals surface area contributed by atoms with Crippen molar-refractivity contribution in [2.24, 2.45) is 10.9 Å². The number of rotatable bonds is 3. The highest BCUT2D eigenvalue weighted by Crippen LogP contribution is 2.22. The van der Waals surface area contributed by atoms with Gasteiger partial charge in [0.25, 0.3) is 5.91 Å². The third kappa shape index (κ3) is 3.05. The van der Waals surface area contributed by atoms with Gasteiger partial charge in [-0.05, 0) is 18.4 Å². The van der Waals surface area contributed by atoms with E-state index in [1.54, 1.807) is 4.90 Å². The third-order valence-electron chi connectivity index (χ3n) is 3.14. The quantitative estimate of drug-likeness (QED) is 0.285. The van der Waals surface area contributed by atoms with Crippen LogP contribution in [0.2, 0.25) is 0 Å². The van der Waals surface area contributed by atoms with Crippen molar-refractivity contribution >= 4 is 23.5 Å². The Bertz CT molecular complexity index is 521. The fourth-order valence-electron chi connectivity index (χ4n) is 2.07. The maximum Gasteiger partial charge on any atom is 0.255 e. The molecule has 6 nitrogen and oxygen atoms in total. The molecular weight excluding hydrogens is 278 g/mol. The molecular formula is C13H17N3O3S. The maximum absolute atomic E-state index is 12.5. The summed E-state index contributed by atoms with van der Waals surface area (Å²) in [5.41, 5.74) is 6.20. The number of carbonyl (C=O) groups excluding carboxylic acids is 1. The molecule has 0 bridgehead atoms. The number of amidine groups is 1. The van der Waals surface area contributed by atoms with Crippen LogP contribution >= 0.6 is 11.8 Å². The first-order chi connectivity index (χ1) is 9.67. The van der Waals surface area contributed by atoms with Gasteiger partial charge in [-0.25, -0.2) is 0 Å². The summed E-state index contributed by atoms with van der Waals surface area (Å²) >= 11 is 1.53. The highest BCUT2D eigenvalue weighted by molar-refractivity contribution is 7.98. The van der Waals surface area contributed by atoms with E-state index in [4.69, 9.17) is 15.7 Å². The van der Waals surface area contributed by atoms with Gasteiger partial charge in [0, 0.05) is 11.4 Å². The van der Waals surface area contributed by atoms with Gasteiger partial charge < -0.3 is 20.6 Å². The molecule has 0 aromatic heterocycles. The summed E-state index contributed by atoms with van der Waals surface area (Å²) in [6.07, 6.45) is 1.38. The van der Waals surface area contributed by atoms with Crippen LogP contribution < -0.4 is 5.73 Å². The van der Waals surface area contributed by atoms with Crippen LogP contribution in [-0.2, 0) is 4.74 Å². The van der Waals surface area contributed by atoms with Crippen molar-refractivity contribution < 1.29 is 14.7 Å². The molecule has 1 aliphatic heterocycles. The average Bonchev–Trinajstić information content (AvgIpc) is 2.53. The zero-order valence-corrected chi connectivity index (χ0v) is 12.0. The molecule has 1 saturated heterocycles. The van der Waals surface area contributed by atoms with E-state index in [2.05, 4.69) is 5.16 Å². The summed E-state index contributed by atoms with van der Waals surface area (Å²) in [4.78, 5) is 15.2. The zero-order chi connectivity index (χ0) is 14.5. The molecule has 1 aromatic carbocycles. The van der Waals surface area contributed by atoms with Crippen LogP contribution in [0.1, 0.15) is 10.4 Å². The van der Waals surface area contributed by atoms with E-state index in [9.17, 15) is 4.79 Å². The van der Waals surface area contributed by atoms with Crippen molar-refractivity contribution in [2.75, 3.05) is 26.0 Å². The molecule has 20 heavy (non-hydrogen) atoms. The maximum atomic E-state index is 12.5. The van der Waals surface area contributed by atoms with Gasteiger partial charge in [-0.15, -0.1) is 11.8 Å². The van der Waals surface area contributed by atoms with Crippen LogP contribution in [-0.4, -0.2) is 53.9 Å². The van der Waals surface area contributed by atoms with Gasteiger partial charge in [0.15, 0.2) is 5.84 Å². The summed E-state index contributed by atoms with van der Waals surface area (Å²) in [6.45, 7) is 1.16. The molecule has 0 radical (unpaired) electrons. The largest absolute Gasteiger partial charge is 0.409 e. The van der Waals surface area contributed by atoms with Crippen molar-refractivity contribution in [3.8, 4) is 0 Å². The summed E-state index contributed by atoms with van der Waals surface area (Å²) in [6, 6.07) is 7.47. The van der Waals surface area contributed by atoms with Gasteiger partial charge in [0.05, 0.1) is 18.7 Å². The van der Waals surface area contributed by atoms with E-state index in [-0.39, 0.29) is 18.3 Å². The molecule has 1 heterocycles. The lowest BCUT2D eigenvalue weighted by Crippen LogP contribution is -2.50. The number of nitrogens with zero attached hydrogens (tertiary/aromatic N) is 2. The molecule has 1 fully saturated rings. The number of hydrogen-bond acceptors (Lipinski definition) is 5. The van der Waals surface area contributed by atoms with Crippen molar-refractivity contribution in [1.82, 2.24) is 4.90 Å². The van der Waals surface area contributed by atoms with Crippen molar-refractivity contribution in [3.05, 3.63) is 29.8 Å². The molecule has 1 aliphatic rings. The Hall–Kier alpha value is -1.73. The van der Waals surface area contributed by atoms with E-state index in [0.29, 0.717) is 18.7 Å². The number of amides is 1. The SMILES string of the molecule is CSc1ccccc1C(=O)N1CCOC(C(N)=NO)C1. The molecule has 1 aromatic rings. The standard InChI is InChI=1S/C13H17N3O3S/c1-20-11-5-3-2-4-9(11)13(17)16-6-7-19-10(8-16)12(14)15-18/h2-5,10,18H,6-8H2,1H3,(H2,14,15). The van der Waals surface area contributed by atoms with Gasteiger partial charge in [-0.2, -0.15) is 0 Å². The second kappa shape index (κ2) is 6.62. The normalized spacial score (nSPS) is 19.9. The van der Waals surface area contributed by atoms with Gasteiger partial charge in [0.1, 0.15) is 6.10 Å². The lowest BCUT2D eigenvalue weighted by Gasteiger charge is -2.32. The Labute approximate surface area is 121 Å². The molecule has 108 valence electrons. The lowest BCUT2D eigenvalue weighted by molar-refractivity contribution is 0.00659. The number of ether oxygens (including phenoxy) is 1. The topological polar surface area (TPSA) is 88.2 Å². The van der Waals surface area contributed by atoms with E-state index in [0.717, 1.165) is 4.90 Å². The average molecular weight is 295 g/mol. The van der Waals surface area contributed by atoms with E-state index in [1.807, 2.05) is 30.5 Å². The minimum absolute atomic E-state index is 0.0133. The number of nitrogens with two attached hydrogens (primary N) is 1. The fourth-order valence-corrected chi connectivity index (χ4v) is 2.66. The van der Waals surface area contributed by atoms with Crippen LogP contribution in [0, 0.1) is 0 Å². The Kier molecular flexibility index (Phi) is 4.86. The number of hydrogen-bond donors (Lipinski definition) is 2. The second-order valence-electron chi connectivity index (χ2n) is 4.34. The predicted octanol–water partition coefficient (Wildman–Crippen LogP) is 0.996. The molecule has 0 saturated carbocycles. The second-order valence-corrected chi connectivity index (χ2v) is 5.18. The lowest BCUT2D eigenvalue weighted by atomic mass is 10.1. The Morgan fingerprint density at radius 2 is 2.30 bits per heavy atom. The number of thioether (sulfide) groups is 1. The Morgan fingerprint density at radius 3 is 3.00 bits per heavy atom. The molecule has 1 unspecified atom stereocenters. The predicted molar refractivity (Wildman–Crippen MR) is 77.3 cm³/mol. The monoisotopic (exact) mass is 295 g/mol. The van der Waals surface area contributed by atoms with Gasteiger partial charge >= 0.3 is 0 Å². The van der Waals surface area contributed by atoms with Crippen molar-refractivity contribution in [2.45, 2.75) is 11.0 Å². The summed E-state index contributed by atoms with van der Waals surface area (Å²) in [5.74, 6) is -0.0744. The first kappa shape index (κ1) is 14.7. The molecule has 0 spiro atoms. The molecule has 3 N–H and O–H groups in total. The summed E-state index contributed by atoms with van der Waals surface area (Å²) < 4.78 is 5.39. The fraction of sp³-hybridized carbons (Fsp3) is 0.385. The summed E-state index contributed by atoms with van der Waals surface area (Å²) in [7, 11) is 0.